The summed E-state index contributed by atoms with van der Waals surface area (Å²) in [5, 5.41) is 18.0. The van der Waals surface area contributed by atoms with Gasteiger partial charge < -0.3 is 14.8 Å². The van der Waals surface area contributed by atoms with Crippen molar-refractivity contribution in [2.24, 2.45) is 0 Å². The molecule has 0 unspecified atom stereocenters. The second-order valence-electron chi connectivity index (χ2n) is 7.09. The number of hydrogen-bond donors (Lipinski definition) is 1. The van der Waals surface area contributed by atoms with Crippen LogP contribution in [0, 0.1) is 0 Å². The molecule has 148 valence electrons. The molecule has 0 fully saturated rings. The fourth-order valence-electron chi connectivity index (χ4n) is 4.12. The average molecular weight is 415 g/mol. The second kappa shape index (κ2) is 6.70. The van der Waals surface area contributed by atoms with Crippen molar-refractivity contribution in [1.82, 2.24) is 20.2 Å². The first kappa shape index (κ1) is 17.2. The Kier molecular flexibility index (Phi) is 3.85. The molecular formula is C22H17N5O2S. The molecule has 1 N–H and O–H groups in total. The summed E-state index contributed by atoms with van der Waals surface area (Å²) in [6.45, 7) is 0. The van der Waals surface area contributed by atoms with Gasteiger partial charge in [0.05, 0.1) is 12.8 Å². The van der Waals surface area contributed by atoms with Crippen LogP contribution in [0.1, 0.15) is 28.1 Å². The van der Waals surface area contributed by atoms with Gasteiger partial charge in [-0.15, -0.1) is 11.3 Å². The van der Waals surface area contributed by atoms with Crippen LogP contribution in [0.5, 0.6) is 11.5 Å². The van der Waals surface area contributed by atoms with E-state index in [-0.39, 0.29) is 12.1 Å². The van der Waals surface area contributed by atoms with E-state index in [2.05, 4.69) is 50.5 Å². The number of fused-ring (bicyclic) bond motifs is 3. The quantitative estimate of drug-likeness (QED) is 0.538. The summed E-state index contributed by atoms with van der Waals surface area (Å²) in [6.07, 6.45) is -0.244. The summed E-state index contributed by atoms with van der Waals surface area (Å²) in [4.78, 5) is 1.13. The zero-order valence-electron chi connectivity index (χ0n) is 16.0. The molecular weight excluding hydrogens is 398 g/mol. The highest BCUT2D eigenvalue weighted by Gasteiger charge is 2.41. The van der Waals surface area contributed by atoms with Crippen LogP contribution in [0.3, 0.4) is 0 Å². The van der Waals surface area contributed by atoms with Gasteiger partial charge in [-0.2, -0.15) is 4.68 Å². The predicted octanol–water partition coefficient (Wildman–Crippen LogP) is 4.30. The third-order valence-corrected chi connectivity index (χ3v) is 6.39. The van der Waals surface area contributed by atoms with Crippen LogP contribution < -0.4 is 14.8 Å². The van der Waals surface area contributed by atoms with Gasteiger partial charge in [0.1, 0.15) is 17.5 Å². The molecule has 0 saturated carbocycles. The number of thiophene rings is 1. The Morgan fingerprint density at radius 2 is 1.93 bits per heavy atom. The summed E-state index contributed by atoms with van der Waals surface area (Å²) in [6, 6.07) is 20.0. The fraction of sp³-hybridized carbons (Fsp3) is 0.136. The molecule has 0 radical (unpaired) electrons. The number of nitrogens with zero attached hydrogens (tertiary/aromatic N) is 4. The maximum absolute atomic E-state index is 6.54. The van der Waals surface area contributed by atoms with Gasteiger partial charge in [0, 0.05) is 16.0 Å². The monoisotopic (exact) mass is 415 g/mol. The van der Waals surface area contributed by atoms with E-state index in [0.29, 0.717) is 5.95 Å². The van der Waals surface area contributed by atoms with Gasteiger partial charge in [-0.1, -0.05) is 35.4 Å². The third-order valence-electron chi connectivity index (χ3n) is 5.47. The van der Waals surface area contributed by atoms with Gasteiger partial charge in [0.25, 0.3) is 0 Å². The summed E-state index contributed by atoms with van der Waals surface area (Å²) >= 11 is 1.68. The van der Waals surface area contributed by atoms with E-state index in [1.165, 1.54) is 0 Å². The summed E-state index contributed by atoms with van der Waals surface area (Å²) in [5.74, 6) is 2.26. The predicted molar refractivity (Wildman–Crippen MR) is 114 cm³/mol. The van der Waals surface area contributed by atoms with Crippen molar-refractivity contribution in [1.29, 1.82) is 0 Å². The molecule has 2 aromatic carbocycles. The number of nitrogens with one attached hydrogen (secondary N) is 1. The highest BCUT2D eigenvalue weighted by molar-refractivity contribution is 7.10. The SMILES string of the molecule is COc1ccc([C@@H]2C3=C(Nc4nnnn42)c2ccccc2O[C@H]3c2cccs2)cc1. The number of methoxy groups -OCH3 is 1. The van der Waals surface area contributed by atoms with Crippen LogP contribution in [0.4, 0.5) is 5.95 Å². The number of benzene rings is 2. The number of ether oxygens (including phenoxy) is 2. The number of hydrogen-bond acceptors (Lipinski definition) is 7. The summed E-state index contributed by atoms with van der Waals surface area (Å²) in [5.41, 5.74) is 4.15. The maximum Gasteiger partial charge on any atom is 0.248 e. The van der Waals surface area contributed by atoms with Crippen molar-refractivity contribution in [3.8, 4) is 11.5 Å². The molecule has 2 aliphatic heterocycles. The standard InChI is InChI=1S/C22H17N5O2S/c1-28-14-10-8-13(9-11-14)20-18-19(23-22-24-25-26-27(20)22)15-5-2-3-6-16(15)29-21(18)17-7-4-12-30-17/h2-12,20-21H,1H3,(H,23,24,26)/t20-,21+/m1/s1. The topological polar surface area (TPSA) is 74.1 Å². The number of rotatable bonds is 3. The average Bonchev–Trinajstić information content (AvgIpc) is 3.49. The Labute approximate surface area is 176 Å². The Morgan fingerprint density at radius 3 is 2.73 bits per heavy atom. The molecule has 4 aromatic rings. The van der Waals surface area contributed by atoms with Gasteiger partial charge >= 0.3 is 0 Å². The first-order valence-corrected chi connectivity index (χ1v) is 10.4. The van der Waals surface area contributed by atoms with E-state index < -0.39 is 0 Å². The minimum Gasteiger partial charge on any atom is -0.497 e. The number of anilines is 1. The summed E-state index contributed by atoms with van der Waals surface area (Å²) < 4.78 is 13.7. The zero-order chi connectivity index (χ0) is 20.1. The van der Waals surface area contributed by atoms with Crippen molar-refractivity contribution in [3.05, 3.63) is 87.6 Å². The molecule has 8 heteroatoms. The Balaban J connectivity index is 1.61. The Morgan fingerprint density at radius 1 is 1.07 bits per heavy atom. The minimum absolute atomic E-state index is 0.211. The lowest BCUT2D eigenvalue weighted by Gasteiger charge is -2.38. The van der Waals surface area contributed by atoms with Crippen molar-refractivity contribution in [3.63, 3.8) is 0 Å². The van der Waals surface area contributed by atoms with Crippen LogP contribution in [-0.4, -0.2) is 27.3 Å². The lowest BCUT2D eigenvalue weighted by Crippen LogP contribution is -2.32. The highest BCUT2D eigenvalue weighted by Crippen LogP contribution is 2.51. The molecule has 4 heterocycles. The first-order chi connectivity index (χ1) is 14.8. The van der Waals surface area contributed by atoms with Crippen LogP contribution in [-0.2, 0) is 0 Å². The Hall–Kier alpha value is -3.65. The van der Waals surface area contributed by atoms with E-state index in [1.54, 1.807) is 18.4 Å². The zero-order valence-corrected chi connectivity index (χ0v) is 16.8. The van der Waals surface area contributed by atoms with Crippen molar-refractivity contribution >= 4 is 23.0 Å². The number of tetrazole rings is 1. The van der Waals surface area contributed by atoms with Gasteiger partial charge in [-0.05, 0) is 51.7 Å². The van der Waals surface area contributed by atoms with Gasteiger partial charge in [0.2, 0.25) is 5.95 Å². The second-order valence-corrected chi connectivity index (χ2v) is 8.07. The van der Waals surface area contributed by atoms with Gasteiger partial charge in [0.15, 0.2) is 6.10 Å². The number of aromatic nitrogens is 4. The van der Waals surface area contributed by atoms with Gasteiger partial charge in [-0.25, -0.2) is 0 Å². The lowest BCUT2D eigenvalue weighted by atomic mass is 9.86. The normalized spacial score (nSPS) is 19.2. The molecule has 0 saturated heterocycles. The molecule has 0 bridgehead atoms. The van der Waals surface area contributed by atoms with Crippen LogP contribution in [0.15, 0.2) is 71.6 Å². The van der Waals surface area contributed by atoms with Crippen molar-refractivity contribution in [2.75, 3.05) is 12.4 Å². The molecule has 6 rings (SSSR count). The first-order valence-electron chi connectivity index (χ1n) is 9.56. The molecule has 7 nitrogen and oxygen atoms in total. The van der Waals surface area contributed by atoms with Crippen molar-refractivity contribution in [2.45, 2.75) is 12.1 Å². The third kappa shape index (κ3) is 2.54. The number of para-hydroxylation sites is 1. The van der Waals surface area contributed by atoms with E-state index >= 15 is 0 Å². The Bertz CT molecular complexity index is 1250. The maximum atomic E-state index is 6.54. The van der Waals surface area contributed by atoms with E-state index in [1.807, 2.05) is 41.1 Å². The van der Waals surface area contributed by atoms with Crippen molar-refractivity contribution < 1.29 is 9.47 Å². The molecule has 0 aliphatic carbocycles. The molecule has 2 aliphatic rings. The molecule has 30 heavy (non-hydrogen) atoms. The van der Waals surface area contributed by atoms with Crippen LogP contribution in [0.25, 0.3) is 5.70 Å². The van der Waals surface area contributed by atoms with E-state index in [9.17, 15) is 0 Å². The van der Waals surface area contributed by atoms with E-state index in [0.717, 1.165) is 38.8 Å². The molecule has 2 atom stereocenters. The fourth-order valence-corrected chi connectivity index (χ4v) is 4.89. The molecule has 0 spiro atoms. The molecule has 0 amide bonds. The molecule has 2 aromatic heterocycles. The van der Waals surface area contributed by atoms with Crippen LogP contribution >= 0.6 is 11.3 Å². The highest BCUT2D eigenvalue weighted by atomic mass is 32.1. The van der Waals surface area contributed by atoms with Crippen LogP contribution in [0.2, 0.25) is 0 Å². The minimum atomic E-state index is -0.244. The largest absolute Gasteiger partial charge is 0.497 e. The van der Waals surface area contributed by atoms with E-state index in [4.69, 9.17) is 9.47 Å². The lowest BCUT2D eigenvalue weighted by molar-refractivity contribution is 0.226. The van der Waals surface area contributed by atoms with Gasteiger partial charge in [-0.3, -0.25) is 0 Å². The smallest absolute Gasteiger partial charge is 0.248 e. The summed E-state index contributed by atoms with van der Waals surface area (Å²) in [7, 11) is 1.67.